The Morgan fingerprint density at radius 1 is 1.04 bits per heavy atom. The van der Waals surface area contributed by atoms with E-state index >= 15 is 0 Å². The number of sulfonamides is 1. The first-order valence-corrected chi connectivity index (χ1v) is 9.25. The molecule has 7 heteroatoms. The van der Waals surface area contributed by atoms with Crippen LogP contribution in [0, 0.1) is 0 Å². The number of fused-ring (bicyclic) bond motifs is 1. The van der Waals surface area contributed by atoms with Gasteiger partial charge in [0, 0.05) is 24.0 Å². The van der Waals surface area contributed by atoms with Crippen LogP contribution in [0.2, 0.25) is 0 Å². The lowest BCUT2D eigenvalue weighted by Gasteiger charge is -2.13. The summed E-state index contributed by atoms with van der Waals surface area (Å²) in [6, 6.07) is 13.3. The molecule has 0 fully saturated rings. The normalized spacial score (nSPS) is 11.4. The molecule has 25 heavy (non-hydrogen) atoms. The van der Waals surface area contributed by atoms with E-state index in [1.54, 1.807) is 43.6 Å². The fourth-order valence-electron chi connectivity index (χ4n) is 2.63. The van der Waals surface area contributed by atoms with Crippen molar-refractivity contribution < 1.29 is 13.2 Å². The third kappa shape index (κ3) is 3.23. The molecule has 0 spiro atoms. The molecule has 0 radical (unpaired) electrons. The van der Waals surface area contributed by atoms with E-state index in [1.165, 1.54) is 16.7 Å². The molecule has 0 aliphatic carbocycles. The van der Waals surface area contributed by atoms with Gasteiger partial charge in [0.25, 0.3) is 15.6 Å². The molecular weight excluding hydrogens is 340 g/mol. The second-order valence-corrected chi connectivity index (χ2v) is 7.13. The van der Waals surface area contributed by atoms with Crippen LogP contribution in [0.15, 0.2) is 64.4 Å². The van der Waals surface area contributed by atoms with E-state index in [4.69, 9.17) is 4.74 Å². The van der Waals surface area contributed by atoms with Gasteiger partial charge >= 0.3 is 0 Å². The van der Waals surface area contributed by atoms with Crippen molar-refractivity contribution in [3.05, 3.63) is 65.1 Å². The Morgan fingerprint density at radius 3 is 2.48 bits per heavy atom. The number of ether oxygens (including phenoxy) is 1. The van der Waals surface area contributed by atoms with Crippen molar-refractivity contribution in [2.45, 2.75) is 11.8 Å². The molecule has 0 saturated heterocycles. The van der Waals surface area contributed by atoms with Gasteiger partial charge in [-0.1, -0.05) is 24.3 Å². The standard InChI is InChI=1S/C18H18N2O4S/c1-3-24-16-10-11-17(14-8-5-4-7-13(14)16)25(22,23)19-15-9-6-12-20(2)18(15)21/h4-12,19H,3H2,1-2H3. The lowest BCUT2D eigenvalue weighted by Crippen LogP contribution is -2.24. The van der Waals surface area contributed by atoms with Crippen molar-refractivity contribution in [3.63, 3.8) is 0 Å². The Morgan fingerprint density at radius 2 is 1.76 bits per heavy atom. The summed E-state index contributed by atoms with van der Waals surface area (Å²) >= 11 is 0. The lowest BCUT2D eigenvalue weighted by molar-refractivity contribution is 0.344. The fourth-order valence-corrected chi connectivity index (χ4v) is 3.90. The highest BCUT2D eigenvalue weighted by molar-refractivity contribution is 7.93. The van der Waals surface area contributed by atoms with E-state index in [1.807, 2.05) is 13.0 Å². The summed E-state index contributed by atoms with van der Waals surface area (Å²) < 4.78 is 35.0. The van der Waals surface area contributed by atoms with Crippen LogP contribution in [0.4, 0.5) is 5.69 Å². The monoisotopic (exact) mass is 358 g/mol. The van der Waals surface area contributed by atoms with Gasteiger partial charge < -0.3 is 9.30 Å². The Balaban J connectivity index is 2.13. The molecule has 0 atom stereocenters. The highest BCUT2D eigenvalue weighted by Gasteiger charge is 2.20. The quantitative estimate of drug-likeness (QED) is 0.761. The summed E-state index contributed by atoms with van der Waals surface area (Å²) in [7, 11) is -2.37. The van der Waals surface area contributed by atoms with Gasteiger partial charge in [-0.2, -0.15) is 0 Å². The molecule has 0 amide bonds. The zero-order valence-corrected chi connectivity index (χ0v) is 14.7. The molecule has 2 aromatic carbocycles. The van der Waals surface area contributed by atoms with E-state index in [0.29, 0.717) is 23.1 Å². The summed E-state index contributed by atoms with van der Waals surface area (Å²) in [6.45, 7) is 2.35. The Labute approximate surface area is 145 Å². The van der Waals surface area contributed by atoms with Crippen molar-refractivity contribution >= 4 is 26.5 Å². The summed E-state index contributed by atoms with van der Waals surface area (Å²) in [4.78, 5) is 12.2. The third-order valence-electron chi connectivity index (χ3n) is 3.80. The number of rotatable bonds is 5. The molecule has 3 rings (SSSR count). The number of benzene rings is 2. The molecular formula is C18H18N2O4S. The Hall–Kier alpha value is -2.80. The molecule has 6 nitrogen and oxygen atoms in total. The van der Waals surface area contributed by atoms with Crippen LogP contribution >= 0.6 is 0 Å². The third-order valence-corrected chi connectivity index (χ3v) is 5.22. The molecule has 0 bridgehead atoms. The van der Waals surface area contributed by atoms with E-state index < -0.39 is 15.6 Å². The lowest BCUT2D eigenvalue weighted by atomic mass is 10.1. The predicted molar refractivity (Wildman–Crippen MR) is 97.6 cm³/mol. The van der Waals surface area contributed by atoms with Crippen LogP contribution < -0.4 is 15.0 Å². The first-order valence-electron chi connectivity index (χ1n) is 7.77. The number of hydrogen-bond acceptors (Lipinski definition) is 4. The number of aryl methyl sites for hydroxylation is 1. The smallest absolute Gasteiger partial charge is 0.274 e. The molecule has 0 unspecified atom stereocenters. The van der Waals surface area contributed by atoms with Gasteiger partial charge in [0.05, 0.1) is 11.5 Å². The van der Waals surface area contributed by atoms with E-state index in [9.17, 15) is 13.2 Å². The number of pyridine rings is 1. The highest BCUT2D eigenvalue weighted by atomic mass is 32.2. The number of anilines is 1. The van der Waals surface area contributed by atoms with Crippen molar-refractivity contribution in [2.24, 2.45) is 7.05 Å². The first-order chi connectivity index (χ1) is 11.9. The molecule has 130 valence electrons. The molecule has 0 aliphatic heterocycles. The van der Waals surface area contributed by atoms with Crippen molar-refractivity contribution in [2.75, 3.05) is 11.3 Å². The summed E-state index contributed by atoms with van der Waals surface area (Å²) in [5.41, 5.74) is -0.413. The van der Waals surface area contributed by atoms with E-state index in [2.05, 4.69) is 4.72 Å². The van der Waals surface area contributed by atoms with E-state index in [-0.39, 0.29) is 10.6 Å². The van der Waals surface area contributed by atoms with Gasteiger partial charge in [-0.15, -0.1) is 0 Å². The Kier molecular flexibility index (Phi) is 4.50. The maximum Gasteiger partial charge on any atom is 0.274 e. The number of nitrogens with zero attached hydrogens (tertiary/aromatic N) is 1. The summed E-state index contributed by atoms with van der Waals surface area (Å²) in [6.07, 6.45) is 1.56. The molecule has 1 aromatic heterocycles. The van der Waals surface area contributed by atoms with Gasteiger partial charge in [0.15, 0.2) is 0 Å². The fraction of sp³-hybridized carbons (Fsp3) is 0.167. The van der Waals surface area contributed by atoms with Gasteiger partial charge in [-0.25, -0.2) is 8.42 Å². The Bertz CT molecular complexity index is 1090. The van der Waals surface area contributed by atoms with E-state index in [0.717, 1.165) is 0 Å². The van der Waals surface area contributed by atoms with Gasteiger partial charge in [-0.3, -0.25) is 9.52 Å². The second kappa shape index (κ2) is 6.60. The number of aromatic nitrogens is 1. The van der Waals surface area contributed by atoms with Crippen LogP contribution in [-0.4, -0.2) is 19.6 Å². The molecule has 3 aromatic rings. The average Bonchev–Trinajstić information content (AvgIpc) is 2.59. The number of hydrogen-bond donors (Lipinski definition) is 1. The zero-order valence-electron chi connectivity index (χ0n) is 13.9. The summed E-state index contributed by atoms with van der Waals surface area (Å²) in [5, 5.41) is 1.24. The van der Waals surface area contributed by atoms with Crippen molar-refractivity contribution in [1.82, 2.24) is 4.57 Å². The first kappa shape index (κ1) is 17.0. The van der Waals surface area contributed by atoms with Crippen LogP contribution in [0.1, 0.15) is 6.92 Å². The molecule has 0 aliphatic rings. The molecule has 1 N–H and O–H groups in total. The topological polar surface area (TPSA) is 77.4 Å². The van der Waals surface area contributed by atoms with Crippen LogP contribution in [0.25, 0.3) is 10.8 Å². The highest BCUT2D eigenvalue weighted by Crippen LogP contribution is 2.31. The van der Waals surface area contributed by atoms with Gasteiger partial charge in [0.1, 0.15) is 11.4 Å². The minimum atomic E-state index is -3.93. The maximum absolute atomic E-state index is 12.8. The van der Waals surface area contributed by atoms with Crippen LogP contribution in [-0.2, 0) is 17.1 Å². The minimum Gasteiger partial charge on any atom is -0.493 e. The molecule has 1 heterocycles. The average molecular weight is 358 g/mol. The van der Waals surface area contributed by atoms with Crippen LogP contribution in [0.3, 0.4) is 0 Å². The zero-order chi connectivity index (χ0) is 18.0. The van der Waals surface area contributed by atoms with Gasteiger partial charge in [-0.05, 0) is 31.2 Å². The second-order valence-electron chi connectivity index (χ2n) is 5.48. The van der Waals surface area contributed by atoms with Crippen molar-refractivity contribution in [1.29, 1.82) is 0 Å². The maximum atomic E-state index is 12.8. The number of nitrogens with one attached hydrogen (secondary N) is 1. The summed E-state index contributed by atoms with van der Waals surface area (Å²) in [5.74, 6) is 0.618. The minimum absolute atomic E-state index is 0.00275. The SMILES string of the molecule is CCOc1ccc(S(=O)(=O)Nc2cccn(C)c2=O)c2ccccc12. The predicted octanol–water partition coefficient (Wildman–Crippen LogP) is 2.74. The van der Waals surface area contributed by atoms with Crippen molar-refractivity contribution in [3.8, 4) is 5.75 Å². The van der Waals surface area contributed by atoms with Crippen LogP contribution in [0.5, 0.6) is 5.75 Å². The largest absolute Gasteiger partial charge is 0.493 e. The van der Waals surface area contributed by atoms with Gasteiger partial charge in [0.2, 0.25) is 0 Å². The molecule has 0 saturated carbocycles.